The van der Waals surface area contributed by atoms with Gasteiger partial charge in [0.15, 0.2) is 0 Å². The highest BCUT2D eigenvalue weighted by Crippen LogP contribution is 2.23. The van der Waals surface area contributed by atoms with Crippen LogP contribution in [-0.2, 0) is 12.8 Å². The lowest BCUT2D eigenvalue weighted by Crippen LogP contribution is -2.03. The summed E-state index contributed by atoms with van der Waals surface area (Å²) in [7, 11) is 0. The van der Waals surface area contributed by atoms with Gasteiger partial charge < -0.3 is 4.98 Å². The zero-order chi connectivity index (χ0) is 13.8. The number of aromatic nitrogens is 2. The minimum absolute atomic E-state index is 0. The Hall–Kier alpha value is -0.990. The standard InChI is InChI=1S/C16H21ClN2.ClH/c1-4-14-15(9-11(2)10-17)19-16(18-14)13-8-6-5-7-12(13)3;/h5-8,11H,4,9-10H2,1-3H3,(H,18,19);1H. The Morgan fingerprint density at radius 2 is 2.00 bits per heavy atom. The third-order valence-electron chi connectivity index (χ3n) is 3.42. The number of hydrogen-bond donors (Lipinski definition) is 1. The van der Waals surface area contributed by atoms with Gasteiger partial charge in [-0.15, -0.1) is 24.0 Å². The first-order chi connectivity index (χ1) is 9.15. The van der Waals surface area contributed by atoms with E-state index in [4.69, 9.17) is 16.6 Å². The van der Waals surface area contributed by atoms with Gasteiger partial charge in [-0.3, -0.25) is 0 Å². The quantitative estimate of drug-likeness (QED) is 0.790. The number of aromatic amines is 1. The van der Waals surface area contributed by atoms with E-state index in [1.54, 1.807) is 0 Å². The molecule has 1 aromatic carbocycles. The molecule has 1 N–H and O–H groups in total. The molecule has 2 aromatic rings. The third kappa shape index (κ3) is 3.77. The summed E-state index contributed by atoms with van der Waals surface area (Å²) >= 11 is 5.91. The van der Waals surface area contributed by atoms with Crippen LogP contribution in [0.25, 0.3) is 11.4 Å². The van der Waals surface area contributed by atoms with Crippen molar-refractivity contribution in [1.82, 2.24) is 9.97 Å². The van der Waals surface area contributed by atoms with E-state index < -0.39 is 0 Å². The van der Waals surface area contributed by atoms with Crippen LogP contribution in [0.5, 0.6) is 0 Å². The molecule has 0 bridgehead atoms. The fourth-order valence-corrected chi connectivity index (χ4v) is 2.37. The van der Waals surface area contributed by atoms with Gasteiger partial charge in [-0.2, -0.15) is 0 Å². The number of benzene rings is 1. The number of hydrogen-bond acceptors (Lipinski definition) is 1. The van der Waals surface area contributed by atoms with Gasteiger partial charge >= 0.3 is 0 Å². The van der Waals surface area contributed by atoms with Crippen LogP contribution in [0.15, 0.2) is 24.3 Å². The molecule has 1 aromatic heterocycles. The number of rotatable bonds is 5. The SMILES string of the molecule is CCc1[nH]c(-c2ccccc2C)nc1CC(C)CCl.Cl. The molecule has 0 aliphatic rings. The van der Waals surface area contributed by atoms with Crippen molar-refractivity contribution in [3.05, 3.63) is 41.2 Å². The number of H-pyrrole nitrogens is 1. The maximum Gasteiger partial charge on any atom is 0.138 e. The second-order valence-corrected chi connectivity index (χ2v) is 5.45. The summed E-state index contributed by atoms with van der Waals surface area (Å²) in [6.45, 7) is 6.43. The monoisotopic (exact) mass is 312 g/mol. The topological polar surface area (TPSA) is 28.7 Å². The van der Waals surface area contributed by atoms with Crippen molar-refractivity contribution in [3.63, 3.8) is 0 Å². The first-order valence-electron chi connectivity index (χ1n) is 6.85. The molecule has 4 heteroatoms. The van der Waals surface area contributed by atoms with Gasteiger partial charge in [0.05, 0.1) is 5.69 Å². The van der Waals surface area contributed by atoms with Gasteiger partial charge in [-0.05, 0) is 31.2 Å². The summed E-state index contributed by atoms with van der Waals surface area (Å²) in [6.07, 6.45) is 1.91. The van der Waals surface area contributed by atoms with E-state index in [-0.39, 0.29) is 12.4 Å². The Morgan fingerprint density at radius 3 is 2.60 bits per heavy atom. The van der Waals surface area contributed by atoms with Crippen LogP contribution < -0.4 is 0 Å². The molecule has 0 aliphatic heterocycles. The summed E-state index contributed by atoms with van der Waals surface area (Å²) in [5.41, 5.74) is 4.82. The molecule has 0 saturated carbocycles. The van der Waals surface area contributed by atoms with E-state index >= 15 is 0 Å². The molecule has 0 fully saturated rings. The van der Waals surface area contributed by atoms with Crippen molar-refractivity contribution in [2.75, 3.05) is 5.88 Å². The molecule has 20 heavy (non-hydrogen) atoms. The summed E-state index contributed by atoms with van der Waals surface area (Å²) in [5.74, 6) is 2.11. The molecule has 1 unspecified atom stereocenters. The molecule has 110 valence electrons. The number of nitrogens with zero attached hydrogens (tertiary/aromatic N) is 1. The van der Waals surface area contributed by atoms with Gasteiger partial charge in [0.25, 0.3) is 0 Å². The van der Waals surface area contributed by atoms with Crippen LogP contribution in [0, 0.1) is 12.8 Å². The summed E-state index contributed by atoms with van der Waals surface area (Å²) in [4.78, 5) is 8.25. The lowest BCUT2D eigenvalue weighted by atomic mass is 10.1. The predicted octanol–water partition coefficient (Wildman–Crippen LogP) is 4.79. The molecule has 1 heterocycles. The average Bonchev–Trinajstić information content (AvgIpc) is 2.82. The van der Waals surface area contributed by atoms with Crippen LogP contribution >= 0.6 is 24.0 Å². The van der Waals surface area contributed by atoms with Crippen LogP contribution in [0.1, 0.15) is 30.8 Å². The number of alkyl halides is 1. The smallest absolute Gasteiger partial charge is 0.138 e. The molecule has 0 aliphatic carbocycles. The zero-order valence-electron chi connectivity index (χ0n) is 12.2. The van der Waals surface area contributed by atoms with Gasteiger partial charge in [0, 0.05) is 17.1 Å². The van der Waals surface area contributed by atoms with Gasteiger partial charge in [-0.25, -0.2) is 4.98 Å². The predicted molar refractivity (Wildman–Crippen MR) is 89.0 cm³/mol. The van der Waals surface area contributed by atoms with E-state index in [9.17, 15) is 0 Å². The van der Waals surface area contributed by atoms with Crippen molar-refractivity contribution >= 4 is 24.0 Å². The molecule has 2 rings (SSSR count). The van der Waals surface area contributed by atoms with Gasteiger partial charge in [0.2, 0.25) is 0 Å². The van der Waals surface area contributed by atoms with Gasteiger partial charge in [-0.1, -0.05) is 38.1 Å². The Labute approximate surface area is 132 Å². The lowest BCUT2D eigenvalue weighted by molar-refractivity contribution is 0.640. The molecule has 0 radical (unpaired) electrons. The maximum absolute atomic E-state index is 5.91. The summed E-state index contributed by atoms with van der Waals surface area (Å²) in [5, 5.41) is 0. The summed E-state index contributed by atoms with van der Waals surface area (Å²) in [6, 6.07) is 8.34. The fourth-order valence-electron chi connectivity index (χ4n) is 2.26. The van der Waals surface area contributed by atoms with E-state index in [1.807, 2.05) is 0 Å². The molecule has 0 spiro atoms. The minimum Gasteiger partial charge on any atom is -0.342 e. The van der Waals surface area contributed by atoms with Crippen molar-refractivity contribution in [3.8, 4) is 11.4 Å². The first-order valence-corrected chi connectivity index (χ1v) is 7.38. The van der Waals surface area contributed by atoms with E-state index in [2.05, 4.69) is 50.0 Å². The molecule has 0 saturated heterocycles. The highest BCUT2D eigenvalue weighted by atomic mass is 35.5. The first kappa shape index (κ1) is 17.1. The number of halogens is 2. The van der Waals surface area contributed by atoms with Crippen molar-refractivity contribution in [2.24, 2.45) is 5.92 Å². The average molecular weight is 313 g/mol. The third-order valence-corrected chi connectivity index (χ3v) is 3.95. The van der Waals surface area contributed by atoms with E-state index in [0.717, 1.165) is 24.4 Å². The minimum atomic E-state index is 0. The fraction of sp³-hybridized carbons (Fsp3) is 0.438. The molecular formula is C16H22Cl2N2. The molecular weight excluding hydrogens is 291 g/mol. The number of imidazole rings is 1. The lowest BCUT2D eigenvalue weighted by Gasteiger charge is -2.05. The highest BCUT2D eigenvalue weighted by molar-refractivity contribution is 6.18. The molecule has 2 nitrogen and oxygen atoms in total. The van der Waals surface area contributed by atoms with Gasteiger partial charge in [0.1, 0.15) is 5.82 Å². The van der Waals surface area contributed by atoms with E-state index in [1.165, 1.54) is 16.8 Å². The Bertz CT molecular complexity index is 549. The number of nitrogens with one attached hydrogen (secondary N) is 1. The maximum atomic E-state index is 5.91. The second kappa shape index (κ2) is 7.70. The highest BCUT2D eigenvalue weighted by Gasteiger charge is 2.13. The van der Waals surface area contributed by atoms with Crippen LogP contribution in [0.4, 0.5) is 0 Å². The summed E-state index contributed by atoms with van der Waals surface area (Å²) < 4.78 is 0. The Balaban J connectivity index is 0.00000200. The second-order valence-electron chi connectivity index (χ2n) is 5.14. The van der Waals surface area contributed by atoms with Crippen LogP contribution in [0.2, 0.25) is 0 Å². The normalized spacial score (nSPS) is 12.0. The van der Waals surface area contributed by atoms with Crippen LogP contribution in [0.3, 0.4) is 0 Å². The van der Waals surface area contributed by atoms with Crippen LogP contribution in [-0.4, -0.2) is 15.8 Å². The van der Waals surface area contributed by atoms with Crippen molar-refractivity contribution < 1.29 is 0 Å². The molecule has 1 atom stereocenters. The van der Waals surface area contributed by atoms with Crippen molar-refractivity contribution in [2.45, 2.75) is 33.6 Å². The Morgan fingerprint density at radius 1 is 1.30 bits per heavy atom. The largest absolute Gasteiger partial charge is 0.342 e. The van der Waals surface area contributed by atoms with E-state index in [0.29, 0.717) is 11.8 Å². The molecule has 0 amide bonds. The number of aryl methyl sites for hydroxylation is 2. The Kier molecular flexibility index (Phi) is 6.57. The van der Waals surface area contributed by atoms with Crippen molar-refractivity contribution in [1.29, 1.82) is 0 Å². The zero-order valence-corrected chi connectivity index (χ0v) is 13.8.